The maximum absolute atomic E-state index is 13.5. The minimum Gasteiger partial charge on any atom is -0.336 e. The molecule has 0 saturated heterocycles. The van der Waals surface area contributed by atoms with Crippen LogP contribution in [0.5, 0.6) is 0 Å². The zero-order valence-corrected chi connectivity index (χ0v) is 14.7. The van der Waals surface area contributed by atoms with Gasteiger partial charge in [-0.25, -0.2) is 0 Å². The van der Waals surface area contributed by atoms with E-state index in [1.165, 1.54) is 19.1 Å². The summed E-state index contributed by atoms with van der Waals surface area (Å²) in [6.07, 6.45) is -5.02. The summed E-state index contributed by atoms with van der Waals surface area (Å²) in [6, 6.07) is 6.96. The fraction of sp³-hybridized carbons (Fsp3) is 0.200. The standard InChI is InChI=1S/C15H11BrF3N3O4/c1-2-20(10-5-3-9(16)4-6-10)14-12(15(17,18)19)7-11(21(23)24)8-13(14)22(25)26/h3-8H,2H2,1H3. The Hall–Kier alpha value is -2.69. The van der Waals surface area contributed by atoms with Gasteiger partial charge in [0.2, 0.25) is 0 Å². The smallest absolute Gasteiger partial charge is 0.336 e. The lowest BCUT2D eigenvalue weighted by Crippen LogP contribution is -2.22. The average Bonchev–Trinajstić information content (AvgIpc) is 2.55. The molecule has 7 nitrogen and oxygen atoms in total. The maximum atomic E-state index is 13.5. The van der Waals surface area contributed by atoms with Gasteiger partial charge in [-0.3, -0.25) is 20.2 Å². The van der Waals surface area contributed by atoms with Crippen LogP contribution in [0.15, 0.2) is 40.9 Å². The maximum Gasteiger partial charge on any atom is 0.418 e. The summed E-state index contributed by atoms with van der Waals surface area (Å²) in [4.78, 5) is 21.2. The molecule has 0 saturated carbocycles. The Labute approximate surface area is 153 Å². The molecule has 2 aromatic rings. The van der Waals surface area contributed by atoms with Crippen molar-refractivity contribution in [1.82, 2.24) is 0 Å². The van der Waals surface area contributed by atoms with Gasteiger partial charge < -0.3 is 4.90 Å². The number of anilines is 2. The first-order valence-electron chi connectivity index (χ1n) is 7.13. The number of nitrogens with zero attached hydrogens (tertiary/aromatic N) is 3. The van der Waals surface area contributed by atoms with E-state index in [9.17, 15) is 33.4 Å². The molecule has 0 spiro atoms. The predicted molar refractivity (Wildman–Crippen MR) is 91.6 cm³/mol. The molecule has 0 fully saturated rings. The van der Waals surface area contributed by atoms with Crippen LogP contribution in [-0.4, -0.2) is 16.4 Å². The summed E-state index contributed by atoms with van der Waals surface area (Å²) in [5, 5.41) is 22.3. The van der Waals surface area contributed by atoms with Crippen molar-refractivity contribution in [1.29, 1.82) is 0 Å². The molecule has 138 valence electrons. The number of hydrogen-bond donors (Lipinski definition) is 0. The van der Waals surface area contributed by atoms with Crippen molar-refractivity contribution in [3.63, 3.8) is 0 Å². The van der Waals surface area contributed by atoms with Gasteiger partial charge in [0.15, 0.2) is 0 Å². The third kappa shape index (κ3) is 3.93. The summed E-state index contributed by atoms with van der Waals surface area (Å²) in [5.74, 6) is 0. The molecular formula is C15H11BrF3N3O4. The fourth-order valence-corrected chi connectivity index (χ4v) is 2.70. The van der Waals surface area contributed by atoms with Gasteiger partial charge in [0.05, 0.1) is 21.5 Å². The normalized spacial score (nSPS) is 11.3. The Morgan fingerprint density at radius 2 is 1.65 bits per heavy atom. The number of benzene rings is 2. The topological polar surface area (TPSA) is 89.5 Å². The van der Waals surface area contributed by atoms with Crippen molar-refractivity contribution in [3.05, 3.63) is 66.7 Å². The zero-order valence-electron chi connectivity index (χ0n) is 13.2. The molecular weight excluding hydrogens is 423 g/mol. The van der Waals surface area contributed by atoms with Crippen LogP contribution in [0.1, 0.15) is 12.5 Å². The third-order valence-electron chi connectivity index (χ3n) is 3.51. The van der Waals surface area contributed by atoms with Crippen LogP contribution in [0, 0.1) is 20.2 Å². The summed E-state index contributed by atoms with van der Waals surface area (Å²) in [7, 11) is 0. The van der Waals surface area contributed by atoms with Crippen LogP contribution in [-0.2, 0) is 6.18 Å². The lowest BCUT2D eigenvalue weighted by molar-refractivity contribution is -0.394. The summed E-state index contributed by atoms with van der Waals surface area (Å²) < 4.78 is 41.3. The third-order valence-corrected chi connectivity index (χ3v) is 4.04. The second kappa shape index (κ2) is 7.28. The molecule has 0 bridgehead atoms. The van der Waals surface area contributed by atoms with E-state index in [0.29, 0.717) is 16.6 Å². The molecule has 0 amide bonds. The Morgan fingerprint density at radius 3 is 2.08 bits per heavy atom. The zero-order chi connectivity index (χ0) is 19.6. The van der Waals surface area contributed by atoms with Gasteiger partial charge in [0, 0.05) is 22.8 Å². The van der Waals surface area contributed by atoms with Gasteiger partial charge >= 0.3 is 6.18 Å². The van der Waals surface area contributed by atoms with Gasteiger partial charge in [-0.2, -0.15) is 13.2 Å². The second-order valence-electron chi connectivity index (χ2n) is 5.09. The molecule has 11 heteroatoms. The summed E-state index contributed by atoms with van der Waals surface area (Å²) >= 11 is 3.20. The molecule has 0 aromatic heterocycles. The first kappa shape index (κ1) is 19.6. The Bertz CT molecular complexity index is 856. The molecule has 0 heterocycles. The van der Waals surface area contributed by atoms with E-state index in [2.05, 4.69) is 15.9 Å². The molecule has 0 aliphatic heterocycles. The Kier molecular flexibility index (Phi) is 5.50. The molecule has 0 unspecified atom stereocenters. The number of hydrogen-bond acceptors (Lipinski definition) is 5. The number of nitro groups is 2. The van der Waals surface area contributed by atoms with E-state index in [-0.39, 0.29) is 12.2 Å². The largest absolute Gasteiger partial charge is 0.418 e. The summed E-state index contributed by atoms with van der Waals surface area (Å²) in [5.41, 5.74) is -3.89. The van der Waals surface area contributed by atoms with Crippen LogP contribution < -0.4 is 4.90 Å². The van der Waals surface area contributed by atoms with Crippen molar-refractivity contribution in [2.24, 2.45) is 0 Å². The van der Waals surface area contributed by atoms with Crippen molar-refractivity contribution in [3.8, 4) is 0 Å². The van der Waals surface area contributed by atoms with E-state index in [1.54, 1.807) is 12.1 Å². The molecule has 0 N–H and O–H groups in total. The van der Waals surface area contributed by atoms with Crippen molar-refractivity contribution >= 4 is 38.7 Å². The lowest BCUT2D eigenvalue weighted by Gasteiger charge is -2.26. The quantitative estimate of drug-likeness (QED) is 0.462. The van der Waals surface area contributed by atoms with Crippen molar-refractivity contribution in [2.75, 3.05) is 11.4 Å². The highest BCUT2D eigenvalue weighted by Crippen LogP contribution is 2.46. The Morgan fingerprint density at radius 1 is 1.08 bits per heavy atom. The van der Waals surface area contributed by atoms with Crippen LogP contribution in [0.2, 0.25) is 0 Å². The van der Waals surface area contributed by atoms with Crippen molar-refractivity contribution in [2.45, 2.75) is 13.1 Å². The first-order chi connectivity index (χ1) is 12.1. The highest BCUT2D eigenvalue weighted by Gasteiger charge is 2.41. The second-order valence-corrected chi connectivity index (χ2v) is 6.01. The molecule has 26 heavy (non-hydrogen) atoms. The highest BCUT2D eigenvalue weighted by atomic mass is 79.9. The lowest BCUT2D eigenvalue weighted by atomic mass is 10.1. The highest BCUT2D eigenvalue weighted by molar-refractivity contribution is 9.10. The minimum absolute atomic E-state index is 0.0244. The molecule has 2 aromatic carbocycles. The van der Waals surface area contributed by atoms with Crippen LogP contribution in [0.25, 0.3) is 0 Å². The minimum atomic E-state index is -5.02. The molecule has 0 radical (unpaired) electrons. The fourth-order valence-electron chi connectivity index (χ4n) is 2.44. The monoisotopic (exact) mass is 433 g/mol. The van der Waals surface area contributed by atoms with Gasteiger partial charge in [0.25, 0.3) is 11.4 Å². The number of halogens is 4. The SMILES string of the molecule is CCN(c1ccc(Br)cc1)c1c([N+](=O)[O-])cc([N+](=O)[O-])cc1C(F)(F)F. The van der Waals surface area contributed by atoms with E-state index in [4.69, 9.17) is 0 Å². The van der Waals surface area contributed by atoms with E-state index in [0.717, 1.165) is 4.90 Å². The molecule has 0 aliphatic rings. The van der Waals surface area contributed by atoms with Gasteiger partial charge in [-0.05, 0) is 31.2 Å². The van der Waals surface area contributed by atoms with Crippen LogP contribution >= 0.6 is 15.9 Å². The predicted octanol–water partition coefficient (Wildman–Crippen LogP) is 5.44. The van der Waals surface area contributed by atoms with Crippen LogP contribution in [0.4, 0.5) is 35.9 Å². The van der Waals surface area contributed by atoms with Gasteiger partial charge in [-0.1, -0.05) is 15.9 Å². The number of nitro benzene ring substituents is 2. The summed E-state index contributed by atoms with van der Waals surface area (Å²) in [6.45, 7) is 1.50. The molecule has 0 atom stereocenters. The Balaban J connectivity index is 2.84. The number of rotatable bonds is 5. The first-order valence-corrected chi connectivity index (χ1v) is 7.92. The van der Waals surface area contributed by atoms with Crippen molar-refractivity contribution < 1.29 is 23.0 Å². The van der Waals surface area contributed by atoms with Gasteiger partial charge in [-0.15, -0.1) is 0 Å². The van der Waals surface area contributed by atoms with E-state index in [1.807, 2.05) is 0 Å². The number of alkyl halides is 3. The van der Waals surface area contributed by atoms with Crippen LogP contribution in [0.3, 0.4) is 0 Å². The van der Waals surface area contributed by atoms with E-state index < -0.39 is 38.6 Å². The number of non-ortho nitro benzene ring substituents is 1. The van der Waals surface area contributed by atoms with E-state index >= 15 is 0 Å². The molecule has 0 aliphatic carbocycles. The molecule has 2 rings (SSSR count). The van der Waals surface area contributed by atoms with Gasteiger partial charge in [0.1, 0.15) is 5.69 Å². The average molecular weight is 434 g/mol.